The molecule has 0 aliphatic rings. The maximum Gasteiger partial charge on any atom is 0.240 e. The van der Waals surface area contributed by atoms with Crippen LogP contribution in [0.1, 0.15) is 27.6 Å². The van der Waals surface area contributed by atoms with Crippen molar-refractivity contribution in [2.45, 2.75) is 26.1 Å². The minimum atomic E-state index is -0.471. The Hall–Kier alpha value is -2.57. The van der Waals surface area contributed by atoms with Crippen molar-refractivity contribution in [2.75, 3.05) is 0 Å². The molecular formula is C19H20N4OS. The number of carbonyl (C=O) groups excluding carboxylic acids is 1. The van der Waals surface area contributed by atoms with Gasteiger partial charge < -0.3 is 5.73 Å². The summed E-state index contributed by atoms with van der Waals surface area (Å²) >= 11 is 1.57. The lowest BCUT2D eigenvalue weighted by molar-refractivity contribution is -0.123. The Labute approximate surface area is 151 Å². The summed E-state index contributed by atoms with van der Waals surface area (Å²) in [6.07, 6.45) is 7.04. The van der Waals surface area contributed by atoms with Gasteiger partial charge in [-0.25, -0.2) is 0 Å². The first-order chi connectivity index (χ1) is 12.1. The van der Waals surface area contributed by atoms with Crippen LogP contribution in [0.5, 0.6) is 0 Å². The van der Waals surface area contributed by atoms with E-state index < -0.39 is 6.04 Å². The van der Waals surface area contributed by atoms with E-state index in [1.807, 2.05) is 42.6 Å². The predicted octanol–water partition coefficient (Wildman–Crippen LogP) is 3.08. The standard InChI is InChI=1S/C19H20N4OS/c1-14-6-11-25-18(14)17(19(20)24)23(12-15-2-7-21-8-3-15)13-16-4-9-22-10-5-16/h2-11,17H,12-13H2,1H3,(H2,20,24). The first-order valence-corrected chi connectivity index (χ1v) is 8.88. The van der Waals surface area contributed by atoms with Crippen molar-refractivity contribution >= 4 is 17.2 Å². The minimum absolute atomic E-state index is 0.339. The van der Waals surface area contributed by atoms with Gasteiger partial charge in [0.05, 0.1) is 0 Å². The number of nitrogens with two attached hydrogens (primary N) is 1. The van der Waals surface area contributed by atoms with E-state index in [1.54, 1.807) is 36.1 Å². The number of amides is 1. The highest BCUT2D eigenvalue weighted by Gasteiger charge is 2.28. The molecule has 3 aromatic rings. The third kappa shape index (κ3) is 4.29. The van der Waals surface area contributed by atoms with Crippen LogP contribution in [-0.2, 0) is 17.9 Å². The van der Waals surface area contributed by atoms with Gasteiger partial charge in [0, 0.05) is 42.8 Å². The number of aryl methyl sites for hydroxylation is 1. The molecule has 0 fully saturated rings. The molecule has 0 saturated carbocycles. The number of hydrogen-bond acceptors (Lipinski definition) is 5. The van der Waals surface area contributed by atoms with Crippen LogP contribution in [0.25, 0.3) is 0 Å². The van der Waals surface area contributed by atoms with Gasteiger partial charge in [-0.2, -0.15) is 0 Å². The first kappa shape index (κ1) is 17.3. The topological polar surface area (TPSA) is 72.1 Å². The molecule has 3 aromatic heterocycles. The molecule has 1 amide bonds. The maximum absolute atomic E-state index is 12.3. The van der Waals surface area contributed by atoms with E-state index in [1.165, 1.54) is 0 Å². The number of aromatic nitrogens is 2. The highest BCUT2D eigenvalue weighted by atomic mass is 32.1. The molecule has 0 aliphatic carbocycles. The predicted molar refractivity (Wildman–Crippen MR) is 98.7 cm³/mol. The number of pyridine rings is 2. The van der Waals surface area contributed by atoms with Crippen molar-refractivity contribution in [3.8, 4) is 0 Å². The Morgan fingerprint density at radius 3 is 1.96 bits per heavy atom. The fourth-order valence-electron chi connectivity index (χ4n) is 2.82. The van der Waals surface area contributed by atoms with Gasteiger partial charge in [0.25, 0.3) is 0 Å². The first-order valence-electron chi connectivity index (χ1n) is 8.00. The van der Waals surface area contributed by atoms with E-state index in [4.69, 9.17) is 5.73 Å². The van der Waals surface area contributed by atoms with Gasteiger partial charge in [0.2, 0.25) is 5.91 Å². The van der Waals surface area contributed by atoms with Crippen molar-refractivity contribution in [3.05, 3.63) is 82.1 Å². The van der Waals surface area contributed by atoms with Crippen LogP contribution in [0.4, 0.5) is 0 Å². The number of hydrogen-bond donors (Lipinski definition) is 1. The second kappa shape index (κ2) is 8.00. The summed E-state index contributed by atoms with van der Waals surface area (Å²) in [5.74, 6) is -0.339. The molecule has 5 nitrogen and oxygen atoms in total. The lowest BCUT2D eigenvalue weighted by Gasteiger charge is -2.29. The molecule has 2 N–H and O–H groups in total. The lowest BCUT2D eigenvalue weighted by atomic mass is 10.1. The maximum atomic E-state index is 12.3. The molecule has 1 atom stereocenters. The number of rotatable bonds is 7. The fraction of sp³-hybridized carbons (Fsp3) is 0.211. The number of thiophene rings is 1. The van der Waals surface area contributed by atoms with Gasteiger partial charge in [0.15, 0.2) is 0 Å². The van der Waals surface area contributed by atoms with Crippen molar-refractivity contribution in [1.82, 2.24) is 14.9 Å². The van der Waals surface area contributed by atoms with E-state index >= 15 is 0 Å². The third-order valence-corrected chi connectivity index (χ3v) is 5.13. The van der Waals surface area contributed by atoms with Crippen LogP contribution in [0.2, 0.25) is 0 Å². The molecule has 0 radical (unpaired) electrons. The van der Waals surface area contributed by atoms with E-state index in [0.717, 1.165) is 21.6 Å². The van der Waals surface area contributed by atoms with Crippen molar-refractivity contribution in [3.63, 3.8) is 0 Å². The normalized spacial score (nSPS) is 12.2. The fourth-order valence-corrected chi connectivity index (χ4v) is 3.89. The van der Waals surface area contributed by atoms with Gasteiger partial charge in [-0.15, -0.1) is 11.3 Å². The van der Waals surface area contributed by atoms with Crippen LogP contribution >= 0.6 is 11.3 Å². The van der Waals surface area contributed by atoms with Crippen LogP contribution < -0.4 is 5.73 Å². The zero-order chi connectivity index (χ0) is 17.6. The molecule has 0 aromatic carbocycles. The van der Waals surface area contributed by atoms with Gasteiger partial charge in [-0.1, -0.05) is 0 Å². The van der Waals surface area contributed by atoms with Crippen molar-refractivity contribution < 1.29 is 4.79 Å². The smallest absolute Gasteiger partial charge is 0.240 e. The van der Waals surface area contributed by atoms with Crippen LogP contribution in [0.15, 0.2) is 60.5 Å². The third-order valence-electron chi connectivity index (χ3n) is 4.05. The van der Waals surface area contributed by atoms with E-state index in [0.29, 0.717) is 13.1 Å². The summed E-state index contributed by atoms with van der Waals surface area (Å²) < 4.78 is 0. The zero-order valence-corrected chi connectivity index (χ0v) is 14.8. The van der Waals surface area contributed by atoms with Crippen LogP contribution in [0, 0.1) is 6.92 Å². The Morgan fingerprint density at radius 2 is 1.56 bits per heavy atom. The number of carbonyl (C=O) groups is 1. The number of nitrogens with zero attached hydrogens (tertiary/aromatic N) is 3. The van der Waals surface area contributed by atoms with Crippen molar-refractivity contribution in [1.29, 1.82) is 0 Å². The Kier molecular flexibility index (Phi) is 5.53. The summed E-state index contributed by atoms with van der Waals surface area (Å²) in [7, 11) is 0. The van der Waals surface area contributed by atoms with Crippen molar-refractivity contribution in [2.24, 2.45) is 5.73 Å². The average molecular weight is 352 g/mol. The molecule has 3 heterocycles. The van der Waals surface area contributed by atoms with Gasteiger partial charge in [-0.3, -0.25) is 19.7 Å². The zero-order valence-electron chi connectivity index (χ0n) is 14.0. The largest absolute Gasteiger partial charge is 0.368 e. The molecular weight excluding hydrogens is 332 g/mol. The monoisotopic (exact) mass is 352 g/mol. The lowest BCUT2D eigenvalue weighted by Crippen LogP contribution is -2.37. The second-order valence-corrected chi connectivity index (χ2v) is 6.84. The summed E-state index contributed by atoms with van der Waals surface area (Å²) in [6.45, 7) is 3.23. The van der Waals surface area contributed by atoms with E-state index in [2.05, 4.69) is 14.9 Å². The molecule has 0 aliphatic heterocycles. The molecule has 0 saturated heterocycles. The molecule has 1 unspecified atom stereocenters. The van der Waals surface area contributed by atoms with Gasteiger partial charge >= 0.3 is 0 Å². The quantitative estimate of drug-likeness (QED) is 0.709. The van der Waals surface area contributed by atoms with E-state index in [9.17, 15) is 4.79 Å². The van der Waals surface area contributed by atoms with Crippen LogP contribution in [-0.4, -0.2) is 20.8 Å². The highest BCUT2D eigenvalue weighted by molar-refractivity contribution is 7.10. The highest BCUT2D eigenvalue weighted by Crippen LogP contribution is 2.31. The average Bonchev–Trinajstić information content (AvgIpc) is 3.02. The Morgan fingerprint density at radius 1 is 1.04 bits per heavy atom. The van der Waals surface area contributed by atoms with Crippen LogP contribution in [0.3, 0.4) is 0 Å². The Balaban J connectivity index is 1.96. The SMILES string of the molecule is Cc1ccsc1C(C(N)=O)N(Cc1ccncc1)Cc1ccncc1. The molecule has 0 spiro atoms. The summed E-state index contributed by atoms with van der Waals surface area (Å²) in [5, 5.41) is 2.00. The minimum Gasteiger partial charge on any atom is -0.368 e. The molecule has 0 bridgehead atoms. The summed E-state index contributed by atoms with van der Waals surface area (Å²) in [6, 6.07) is 9.38. The summed E-state index contributed by atoms with van der Waals surface area (Å²) in [5.41, 5.74) is 9.07. The number of primary amides is 1. The second-order valence-electron chi connectivity index (χ2n) is 5.89. The Bertz CT molecular complexity index is 778. The molecule has 128 valence electrons. The molecule has 3 rings (SSSR count). The molecule has 25 heavy (non-hydrogen) atoms. The summed E-state index contributed by atoms with van der Waals surface area (Å²) in [4.78, 5) is 23.6. The van der Waals surface area contributed by atoms with E-state index in [-0.39, 0.29) is 5.91 Å². The van der Waals surface area contributed by atoms with Gasteiger partial charge in [0.1, 0.15) is 6.04 Å². The molecule has 6 heteroatoms. The van der Waals surface area contributed by atoms with Gasteiger partial charge in [-0.05, 0) is 59.3 Å².